The first-order valence-corrected chi connectivity index (χ1v) is 11.3. The first kappa shape index (κ1) is 23.6. The minimum Gasteiger partial charge on any atom is -0.376 e. The van der Waals surface area contributed by atoms with Crippen LogP contribution in [-0.4, -0.2) is 31.1 Å². The number of carbonyl (C=O) groups is 2. The molecule has 0 bridgehead atoms. The van der Waals surface area contributed by atoms with Gasteiger partial charge in [0.2, 0.25) is 5.91 Å². The molecule has 34 heavy (non-hydrogen) atoms. The van der Waals surface area contributed by atoms with E-state index in [1.165, 1.54) is 41.3 Å². The van der Waals surface area contributed by atoms with Crippen molar-refractivity contribution in [1.82, 2.24) is 5.32 Å². The lowest BCUT2D eigenvalue weighted by Gasteiger charge is -2.23. The topological polar surface area (TPSA) is 58.6 Å². The van der Waals surface area contributed by atoms with Crippen LogP contribution >= 0.6 is 0 Å². The lowest BCUT2D eigenvalue weighted by atomic mass is 10.1. The van der Waals surface area contributed by atoms with Crippen LogP contribution in [0, 0.1) is 11.6 Å². The normalized spacial score (nSPS) is 15.2. The monoisotopic (exact) mass is 464 g/mol. The summed E-state index contributed by atoms with van der Waals surface area (Å²) in [6.45, 7) is 1.34. The van der Waals surface area contributed by atoms with Gasteiger partial charge in [0.15, 0.2) is 0 Å². The maximum atomic E-state index is 13.7. The molecular weight excluding hydrogens is 438 g/mol. The van der Waals surface area contributed by atoms with E-state index in [1.54, 1.807) is 36.4 Å². The molecule has 0 aliphatic carbocycles. The van der Waals surface area contributed by atoms with Crippen molar-refractivity contribution >= 4 is 17.5 Å². The van der Waals surface area contributed by atoms with E-state index >= 15 is 0 Å². The second-order valence-corrected chi connectivity index (χ2v) is 8.31. The van der Waals surface area contributed by atoms with Crippen molar-refractivity contribution < 1.29 is 23.1 Å². The summed E-state index contributed by atoms with van der Waals surface area (Å²) >= 11 is 0. The molecule has 1 atom stereocenters. The number of amides is 2. The molecule has 2 amide bonds. The number of benzene rings is 3. The Bertz CT molecular complexity index is 1140. The van der Waals surface area contributed by atoms with Crippen LogP contribution in [-0.2, 0) is 22.5 Å². The average molecular weight is 465 g/mol. The summed E-state index contributed by atoms with van der Waals surface area (Å²) < 4.78 is 33.0. The molecule has 1 saturated heterocycles. The molecule has 7 heteroatoms. The van der Waals surface area contributed by atoms with E-state index in [0.717, 1.165) is 25.0 Å². The standard InChI is InChI=1S/C27H26F2N2O3/c28-22-6-1-4-20(14-22)18-31(27(33)21-5-2-7-23(29)16-21)24-11-9-19(10-12-24)15-26(32)30-17-25-8-3-13-34-25/h1-2,4-7,9-12,14,16,25H,3,8,13,15,17-18H2,(H,30,32)/t25-/m1/s1. The average Bonchev–Trinajstić information content (AvgIpc) is 3.35. The number of nitrogens with one attached hydrogen (secondary N) is 1. The molecule has 0 unspecified atom stereocenters. The van der Waals surface area contributed by atoms with Crippen molar-refractivity contribution in [2.24, 2.45) is 0 Å². The highest BCUT2D eigenvalue weighted by molar-refractivity contribution is 6.06. The number of halogens is 2. The molecule has 5 nitrogen and oxygen atoms in total. The molecule has 1 fully saturated rings. The molecule has 1 N–H and O–H groups in total. The van der Waals surface area contributed by atoms with Gasteiger partial charge in [0.25, 0.3) is 5.91 Å². The summed E-state index contributed by atoms with van der Waals surface area (Å²) in [5, 5.41) is 2.89. The van der Waals surface area contributed by atoms with Gasteiger partial charge in [-0.3, -0.25) is 9.59 Å². The predicted octanol–water partition coefficient (Wildman–Crippen LogP) is 4.65. The minimum atomic E-state index is -0.513. The quantitative estimate of drug-likeness (QED) is 0.528. The smallest absolute Gasteiger partial charge is 0.258 e. The fourth-order valence-corrected chi connectivity index (χ4v) is 3.95. The van der Waals surface area contributed by atoms with Gasteiger partial charge in [0.05, 0.1) is 19.1 Å². The van der Waals surface area contributed by atoms with Crippen molar-refractivity contribution in [3.8, 4) is 0 Å². The lowest BCUT2D eigenvalue weighted by molar-refractivity contribution is -0.120. The van der Waals surface area contributed by atoms with Crippen molar-refractivity contribution in [1.29, 1.82) is 0 Å². The molecule has 3 aromatic carbocycles. The Labute approximate surface area is 197 Å². The summed E-state index contributed by atoms with van der Waals surface area (Å²) in [5.74, 6) is -1.43. The number of nitrogens with zero attached hydrogens (tertiary/aromatic N) is 1. The Morgan fingerprint density at radius 2 is 1.68 bits per heavy atom. The summed E-state index contributed by atoms with van der Waals surface area (Å²) in [6.07, 6.45) is 2.25. The third-order valence-corrected chi connectivity index (χ3v) is 5.71. The molecular formula is C27H26F2N2O3. The second kappa shape index (κ2) is 11.0. The van der Waals surface area contributed by atoms with E-state index < -0.39 is 17.5 Å². The van der Waals surface area contributed by atoms with Gasteiger partial charge in [0.1, 0.15) is 11.6 Å². The molecule has 4 rings (SSSR count). The second-order valence-electron chi connectivity index (χ2n) is 8.31. The number of hydrogen-bond acceptors (Lipinski definition) is 3. The molecule has 1 heterocycles. The van der Waals surface area contributed by atoms with Gasteiger partial charge in [-0.15, -0.1) is 0 Å². The van der Waals surface area contributed by atoms with Crippen LogP contribution in [0.4, 0.5) is 14.5 Å². The Morgan fingerprint density at radius 1 is 0.941 bits per heavy atom. The predicted molar refractivity (Wildman–Crippen MR) is 125 cm³/mol. The Morgan fingerprint density at radius 3 is 2.35 bits per heavy atom. The highest BCUT2D eigenvalue weighted by Crippen LogP contribution is 2.22. The third kappa shape index (κ3) is 6.26. The highest BCUT2D eigenvalue weighted by Gasteiger charge is 2.20. The maximum Gasteiger partial charge on any atom is 0.258 e. The van der Waals surface area contributed by atoms with Crippen LogP contribution in [0.3, 0.4) is 0 Å². The molecule has 0 spiro atoms. The van der Waals surface area contributed by atoms with Gasteiger partial charge >= 0.3 is 0 Å². The number of anilines is 1. The zero-order valence-corrected chi connectivity index (χ0v) is 18.7. The van der Waals surface area contributed by atoms with E-state index in [-0.39, 0.29) is 30.5 Å². The molecule has 0 saturated carbocycles. The summed E-state index contributed by atoms with van der Waals surface area (Å²) in [7, 11) is 0. The first-order valence-electron chi connectivity index (χ1n) is 11.3. The zero-order valence-electron chi connectivity index (χ0n) is 18.7. The molecule has 0 aromatic heterocycles. The van der Waals surface area contributed by atoms with Crippen LogP contribution in [0.15, 0.2) is 72.8 Å². The van der Waals surface area contributed by atoms with Crippen LogP contribution < -0.4 is 10.2 Å². The first-order chi connectivity index (χ1) is 16.5. The van der Waals surface area contributed by atoms with E-state index in [0.29, 0.717) is 17.8 Å². The Kier molecular flexibility index (Phi) is 7.65. The molecule has 0 radical (unpaired) electrons. The summed E-state index contributed by atoms with van der Waals surface area (Å²) in [6, 6.07) is 18.5. The van der Waals surface area contributed by atoms with Crippen LogP contribution in [0.1, 0.15) is 34.3 Å². The number of hydrogen-bond donors (Lipinski definition) is 1. The molecule has 3 aromatic rings. The van der Waals surface area contributed by atoms with E-state index in [9.17, 15) is 18.4 Å². The fourth-order valence-electron chi connectivity index (χ4n) is 3.95. The number of carbonyl (C=O) groups excluding carboxylic acids is 2. The molecule has 176 valence electrons. The lowest BCUT2D eigenvalue weighted by Crippen LogP contribution is -2.32. The van der Waals surface area contributed by atoms with Gasteiger partial charge < -0.3 is 15.0 Å². The van der Waals surface area contributed by atoms with Crippen LogP contribution in [0.25, 0.3) is 0 Å². The highest BCUT2D eigenvalue weighted by atomic mass is 19.1. The third-order valence-electron chi connectivity index (χ3n) is 5.71. The Hall–Kier alpha value is -3.58. The SMILES string of the molecule is O=C(Cc1ccc(N(Cc2cccc(F)c2)C(=O)c2cccc(F)c2)cc1)NC[C@H]1CCCO1. The van der Waals surface area contributed by atoms with Gasteiger partial charge in [-0.05, 0) is 66.4 Å². The summed E-state index contributed by atoms with van der Waals surface area (Å²) in [4.78, 5) is 27.0. The van der Waals surface area contributed by atoms with E-state index in [1.807, 2.05) is 0 Å². The minimum absolute atomic E-state index is 0.0801. The van der Waals surface area contributed by atoms with Gasteiger partial charge in [-0.1, -0.05) is 30.3 Å². The van der Waals surface area contributed by atoms with Crippen molar-refractivity contribution in [2.45, 2.75) is 31.9 Å². The number of rotatable bonds is 8. The van der Waals surface area contributed by atoms with Crippen LogP contribution in [0.2, 0.25) is 0 Å². The molecule has 1 aliphatic heterocycles. The number of ether oxygens (including phenoxy) is 1. The zero-order chi connectivity index (χ0) is 23.9. The Balaban J connectivity index is 1.49. The van der Waals surface area contributed by atoms with Crippen LogP contribution in [0.5, 0.6) is 0 Å². The van der Waals surface area contributed by atoms with Crippen molar-refractivity contribution in [3.05, 3.63) is 101 Å². The molecule has 1 aliphatic rings. The summed E-state index contributed by atoms with van der Waals surface area (Å²) in [5.41, 5.74) is 2.14. The van der Waals surface area contributed by atoms with Crippen molar-refractivity contribution in [3.63, 3.8) is 0 Å². The van der Waals surface area contributed by atoms with Gasteiger partial charge in [-0.25, -0.2) is 8.78 Å². The van der Waals surface area contributed by atoms with Gasteiger partial charge in [-0.2, -0.15) is 0 Å². The van der Waals surface area contributed by atoms with E-state index in [2.05, 4.69) is 5.32 Å². The fraction of sp³-hybridized carbons (Fsp3) is 0.259. The van der Waals surface area contributed by atoms with E-state index in [4.69, 9.17) is 4.74 Å². The van der Waals surface area contributed by atoms with Crippen molar-refractivity contribution in [2.75, 3.05) is 18.1 Å². The van der Waals surface area contributed by atoms with Gasteiger partial charge in [0, 0.05) is 24.4 Å². The largest absolute Gasteiger partial charge is 0.376 e. The maximum absolute atomic E-state index is 13.7.